The first kappa shape index (κ1) is 11.9. The molecule has 0 bridgehead atoms. The van der Waals surface area contributed by atoms with Crippen molar-refractivity contribution in [2.24, 2.45) is 10.8 Å². The van der Waals surface area contributed by atoms with Crippen molar-refractivity contribution in [3.05, 3.63) is 47.8 Å². The Labute approximate surface area is 105 Å². The van der Waals surface area contributed by atoms with Crippen LogP contribution in [0.25, 0.3) is 6.08 Å². The minimum atomic E-state index is -0.163. The van der Waals surface area contributed by atoms with E-state index < -0.39 is 0 Å². The summed E-state index contributed by atoms with van der Waals surface area (Å²) in [5.41, 5.74) is 9.48. The van der Waals surface area contributed by atoms with Crippen molar-refractivity contribution in [2.75, 3.05) is 7.11 Å². The summed E-state index contributed by atoms with van der Waals surface area (Å²) in [4.78, 5) is 12.1. The molecular weight excluding hydrogens is 230 g/mol. The molecule has 5 heteroatoms. The fourth-order valence-electron chi connectivity index (χ4n) is 1.61. The highest BCUT2D eigenvalue weighted by molar-refractivity contribution is 6.52. The van der Waals surface area contributed by atoms with E-state index in [1.54, 1.807) is 37.5 Å². The van der Waals surface area contributed by atoms with E-state index in [0.717, 1.165) is 5.56 Å². The van der Waals surface area contributed by atoms with Gasteiger partial charge < -0.3 is 10.5 Å². The maximum absolute atomic E-state index is 12.1. The van der Waals surface area contributed by atoms with Crippen LogP contribution in [0.3, 0.4) is 0 Å². The molecule has 1 aliphatic carbocycles. The van der Waals surface area contributed by atoms with Gasteiger partial charge in [-0.15, -0.1) is 0 Å². The molecule has 1 aliphatic rings. The van der Waals surface area contributed by atoms with Crippen LogP contribution in [0.5, 0.6) is 5.75 Å². The van der Waals surface area contributed by atoms with Crippen LogP contribution in [0.2, 0.25) is 0 Å². The summed E-state index contributed by atoms with van der Waals surface area (Å²) in [6.45, 7) is 3.44. The first-order chi connectivity index (χ1) is 8.61. The number of nitrogens with two attached hydrogens (primary N) is 1. The Morgan fingerprint density at radius 3 is 2.89 bits per heavy atom. The lowest BCUT2D eigenvalue weighted by atomic mass is 9.95. The summed E-state index contributed by atoms with van der Waals surface area (Å²) in [7, 11) is 1.58. The molecule has 3 N–H and O–H groups in total. The van der Waals surface area contributed by atoms with Crippen LogP contribution in [-0.4, -0.2) is 18.6 Å². The first-order valence-corrected chi connectivity index (χ1v) is 5.30. The Hall–Kier alpha value is -2.56. The molecule has 0 saturated carbocycles. The monoisotopic (exact) mass is 243 g/mol. The van der Waals surface area contributed by atoms with Crippen LogP contribution < -0.4 is 15.9 Å². The van der Waals surface area contributed by atoms with Gasteiger partial charge in [0.15, 0.2) is 0 Å². The Morgan fingerprint density at radius 2 is 2.22 bits per heavy atom. The Balaban J connectivity index is 2.35. The predicted molar refractivity (Wildman–Crippen MR) is 70.3 cm³/mol. The number of ether oxygens (including phenoxy) is 1. The number of Topliss-reactive ketones (excluding diaryl/α,β-unsaturated/α-hetero) is 1. The zero-order valence-electron chi connectivity index (χ0n) is 9.93. The second-order valence-corrected chi connectivity index (χ2v) is 3.75. The van der Waals surface area contributed by atoms with Gasteiger partial charge in [0.25, 0.3) is 0 Å². The smallest absolute Gasteiger partial charge is 0.213 e. The van der Waals surface area contributed by atoms with Crippen molar-refractivity contribution in [1.82, 2.24) is 5.43 Å². The number of hydrogen-bond donors (Lipinski definition) is 2. The van der Waals surface area contributed by atoms with Gasteiger partial charge in [-0.3, -0.25) is 10.2 Å². The quantitative estimate of drug-likeness (QED) is 0.784. The van der Waals surface area contributed by atoms with E-state index >= 15 is 0 Å². The summed E-state index contributed by atoms with van der Waals surface area (Å²) < 4.78 is 5.11. The third-order valence-electron chi connectivity index (χ3n) is 2.48. The molecule has 0 fully saturated rings. The average molecular weight is 243 g/mol. The maximum atomic E-state index is 12.1. The van der Waals surface area contributed by atoms with Crippen molar-refractivity contribution in [2.45, 2.75) is 0 Å². The standard InChI is InChI=1S/C13H13N3O2/c1-8(14)15-16-12-6-3-9-7-10(18-2)4-5-11(9)13(12)17/h3-7,15H,1,14H2,2H3/b16-12+. The van der Waals surface area contributed by atoms with Crippen molar-refractivity contribution in [3.63, 3.8) is 0 Å². The number of rotatable bonds is 3. The summed E-state index contributed by atoms with van der Waals surface area (Å²) in [6, 6.07) is 5.26. The van der Waals surface area contributed by atoms with Crippen LogP contribution in [-0.2, 0) is 0 Å². The normalized spacial score (nSPS) is 15.4. The number of benzene rings is 1. The topological polar surface area (TPSA) is 76.7 Å². The SMILES string of the molecule is C=C(N)N/N=C1\C=Cc2cc(OC)ccc2C1=O. The minimum absolute atomic E-state index is 0.163. The largest absolute Gasteiger partial charge is 0.497 e. The van der Waals surface area contributed by atoms with Crippen LogP contribution in [0.1, 0.15) is 15.9 Å². The number of allylic oxidation sites excluding steroid dienone is 1. The summed E-state index contributed by atoms with van der Waals surface area (Å²) in [5, 5.41) is 3.88. The highest BCUT2D eigenvalue weighted by Gasteiger charge is 2.19. The third-order valence-corrected chi connectivity index (χ3v) is 2.48. The number of nitrogens with one attached hydrogen (secondary N) is 1. The average Bonchev–Trinajstić information content (AvgIpc) is 2.37. The lowest BCUT2D eigenvalue weighted by Crippen LogP contribution is -2.22. The molecule has 0 aliphatic heterocycles. The molecule has 18 heavy (non-hydrogen) atoms. The van der Waals surface area contributed by atoms with Crippen LogP contribution >= 0.6 is 0 Å². The van der Waals surface area contributed by atoms with Gasteiger partial charge in [-0.1, -0.05) is 12.7 Å². The molecule has 0 unspecified atom stereocenters. The fraction of sp³-hybridized carbons (Fsp3) is 0.0769. The van der Waals surface area contributed by atoms with Gasteiger partial charge in [0, 0.05) is 5.56 Å². The number of ketones is 1. The van der Waals surface area contributed by atoms with E-state index in [4.69, 9.17) is 10.5 Å². The zero-order chi connectivity index (χ0) is 13.1. The molecule has 5 nitrogen and oxygen atoms in total. The first-order valence-electron chi connectivity index (χ1n) is 5.30. The lowest BCUT2D eigenvalue weighted by molar-refractivity contribution is 0.106. The molecule has 92 valence electrons. The van der Waals surface area contributed by atoms with E-state index in [1.807, 2.05) is 0 Å². The molecule has 0 amide bonds. The molecule has 0 radical (unpaired) electrons. The number of fused-ring (bicyclic) bond motifs is 1. The number of hydrogen-bond acceptors (Lipinski definition) is 5. The molecule has 0 heterocycles. The lowest BCUT2D eigenvalue weighted by Gasteiger charge is -2.12. The number of carbonyl (C=O) groups excluding carboxylic acids is 1. The van der Waals surface area contributed by atoms with E-state index in [0.29, 0.717) is 17.0 Å². The van der Waals surface area contributed by atoms with Crippen molar-refractivity contribution >= 4 is 17.6 Å². The van der Waals surface area contributed by atoms with Gasteiger partial charge in [0.2, 0.25) is 5.78 Å². The third kappa shape index (κ3) is 2.24. The van der Waals surface area contributed by atoms with E-state index in [9.17, 15) is 4.79 Å². The van der Waals surface area contributed by atoms with Gasteiger partial charge in [0.05, 0.1) is 7.11 Å². The minimum Gasteiger partial charge on any atom is -0.497 e. The summed E-state index contributed by atoms with van der Waals surface area (Å²) >= 11 is 0. The molecule has 0 aromatic heterocycles. The predicted octanol–water partition coefficient (Wildman–Crippen LogP) is 1.28. The van der Waals surface area contributed by atoms with E-state index in [1.165, 1.54) is 0 Å². The highest BCUT2D eigenvalue weighted by atomic mass is 16.5. The zero-order valence-corrected chi connectivity index (χ0v) is 9.93. The Morgan fingerprint density at radius 1 is 1.44 bits per heavy atom. The van der Waals surface area contributed by atoms with Crippen molar-refractivity contribution in [1.29, 1.82) is 0 Å². The molecule has 1 aromatic carbocycles. The van der Waals surface area contributed by atoms with Crippen LogP contribution in [0.15, 0.2) is 41.8 Å². The van der Waals surface area contributed by atoms with E-state index in [2.05, 4.69) is 17.1 Å². The number of hydrazone groups is 1. The Kier molecular flexibility index (Phi) is 3.14. The maximum Gasteiger partial charge on any atom is 0.213 e. The number of carbonyl (C=O) groups is 1. The van der Waals surface area contributed by atoms with Crippen LogP contribution in [0, 0.1) is 0 Å². The van der Waals surface area contributed by atoms with Crippen molar-refractivity contribution in [3.8, 4) is 5.75 Å². The Bertz CT molecular complexity index is 574. The number of methoxy groups -OCH3 is 1. The summed E-state index contributed by atoms with van der Waals surface area (Å²) in [5.74, 6) is 0.730. The highest BCUT2D eigenvalue weighted by Crippen LogP contribution is 2.23. The van der Waals surface area contributed by atoms with E-state index in [-0.39, 0.29) is 11.6 Å². The van der Waals surface area contributed by atoms with Gasteiger partial charge >= 0.3 is 0 Å². The second-order valence-electron chi connectivity index (χ2n) is 3.75. The molecule has 2 rings (SSSR count). The van der Waals surface area contributed by atoms with Crippen LogP contribution in [0.4, 0.5) is 0 Å². The number of nitrogens with zero attached hydrogens (tertiary/aromatic N) is 1. The second kappa shape index (κ2) is 4.75. The van der Waals surface area contributed by atoms with Gasteiger partial charge in [-0.2, -0.15) is 5.10 Å². The molecule has 0 spiro atoms. The summed E-state index contributed by atoms with van der Waals surface area (Å²) in [6.07, 6.45) is 3.43. The molecule has 0 atom stereocenters. The molecule has 0 saturated heterocycles. The van der Waals surface area contributed by atoms with Gasteiger partial charge in [-0.25, -0.2) is 0 Å². The van der Waals surface area contributed by atoms with Gasteiger partial charge in [0.1, 0.15) is 17.3 Å². The fourth-order valence-corrected chi connectivity index (χ4v) is 1.61. The molecule has 1 aromatic rings. The molecular formula is C13H13N3O2. The van der Waals surface area contributed by atoms with Gasteiger partial charge in [-0.05, 0) is 29.8 Å². The van der Waals surface area contributed by atoms with Crippen molar-refractivity contribution < 1.29 is 9.53 Å².